The van der Waals surface area contributed by atoms with Crippen LogP contribution < -0.4 is 4.74 Å². The Morgan fingerprint density at radius 1 is 1.14 bits per heavy atom. The summed E-state index contributed by atoms with van der Waals surface area (Å²) in [5.74, 6) is 0.171. The predicted octanol–water partition coefficient (Wildman–Crippen LogP) is -1.23. The maximum absolute atomic E-state index is 10.5. The molecule has 9 heteroatoms. The van der Waals surface area contributed by atoms with Crippen molar-refractivity contribution in [3.05, 3.63) is 34.4 Å². The third-order valence-corrected chi connectivity index (χ3v) is 3.15. The second-order valence-electron chi connectivity index (χ2n) is 4.57. The summed E-state index contributed by atoms with van der Waals surface area (Å²) in [5.41, 5.74) is -0.129. The number of aliphatic hydroxyl groups excluding tert-OH is 4. The van der Waals surface area contributed by atoms with Crippen LogP contribution >= 0.6 is 0 Å². The standard InChI is InChI=1S/C12H15NO8/c14-5-8-9(15)10(16)11(17)12(21-8)20-7-3-1-6(2-4-7)13(18)19/h1-4,8-12,14-17H,5H2/t8-,9-,10-,11-,12+/m0/s1. The molecule has 21 heavy (non-hydrogen) atoms. The maximum atomic E-state index is 10.5. The van der Waals surface area contributed by atoms with Crippen molar-refractivity contribution < 1.29 is 34.8 Å². The Morgan fingerprint density at radius 3 is 2.29 bits per heavy atom. The van der Waals surface area contributed by atoms with Crippen LogP contribution in [0.2, 0.25) is 0 Å². The molecule has 116 valence electrons. The SMILES string of the molecule is O=[N+]([O-])c1ccc(O[C@@H]2O[C@@H](CO)[C@H](O)[C@H](O)[C@@H]2O)cc1. The van der Waals surface area contributed by atoms with Gasteiger partial charge in [0.15, 0.2) is 0 Å². The smallest absolute Gasteiger partial charge is 0.269 e. The van der Waals surface area contributed by atoms with E-state index in [1.165, 1.54) is 24.3 Å². The monoisotopic (exact) mass is 301 g/mol. The highest BCUT2D eigenvalue weighted by Gasteiger charge is 2.44. The van der Waals surface area contributed by atoms with Crippen LogP contribution in [-0.2, 0) is 4.74 Å². The number of nitro benzene ring substituents is 1. The zero-order chi connectivity index (χ0) is 15.6. The molecule has 0 unspecified atom stereocenters. The Hall–Kier alpha value is -1.78. The predicted molar refractivity (Wildman–Crippen MR) is 67.5 cm³/mol. The molecule has 1 saturated heterocycles. The fourth-order valence-electron chi connectivity index (χ4n) is 1.95. The average molecular weight is 301 g/mol. The third kappa shape index (κ3) is 3.28. The molecule has 1 fully saturated rings. The highest BCUT2D eigenvalue weighted by atomic mass is 16.7. The molecule has 1 aromatic rings. The summed E-state index contributed by atoms with van der Waals surface area (Å²) in [6.07, 6.45) is -6.94. The maximum Gasteiger partial charge on any atom is 0.269 e. The van der Waals surface area contributed by atoms with E-state index in [1.54, 1.807) is 0 Å². The van der Waals surface area contributed by atoms with Gasteiger partial charge in [-0.2, -0.15) is 0 Å². The van der Waals surface area contributed by atoms with Crippen molar-refractivity contribution in [3.63, 3.8) is 0 Å². The van der Waals surface area contributed by atoms with E-state index >= 15 is 0 Å². The van der Waals surface area contributed by atoms with Crippen LogP contribution in [0.25, 0.3) is 0 Å². The van der Waals surface area contributed by atoms with Crippen LogP contribution in [0.4, 0.5) is 5.69 Å². The normalized spacial score (nSPS) is 32.7. The summed E-state index contributed by atoms with van der Waals surface area (Å²) in [5, 5.41) is 48.6. The van der Waals surface area contributed by atoms with Gasteiger partial charge in [-0.05, 0) is 12.1 Å². The van der Waals surface area contributed by atoms with Crippen LogP contribution in [0.5, 0.6) is 5.75 Å². The molecular weight excluding hydrogens is 286 g/mol. The molecule has 0 bridgehead atoms. The van der Waals surface area contributed by atoms with Crippen LogP contribution in [0, 0.1) is 10.1 Å². The largest absolute Gasteiger partial charge is 0.462 e. The van der Waals surface area contributed by atoms with E-state index in [1.807, 2.05) is 0 Å². The topological polar surface area (TPSA) is 143 Å². The van der Waals surface area contributed by atoms with Crippen molar-refractivity contribution in [2.75, 3.05) is 6.61 Å². The fraction of sp³-hybridized carbons (Fsp3) is 0.500. The average Bonchev–Trinajstić information content (AvgIpc) is 2.48. The van der Waals surface area contributed by atoms with Gasteiger partial charge in [-0.1, -0.05) is 0 Å². The lowest BCUT2D eigenvalue weighted by Gasteiger charge is -2.39. The first-order valence-electron chi connectivity index (χ1n) is 6.15. The quantitative estimate of drug-likeness (QED) is 0.400. The first-order valence-corrected chi connectivity index (χ1v) is 6.15. The summed E-state index contributed by atoms with van der Waals surface area (Å²) in [6.45, 7) is -0.564. The number of nitro groups is 1. The number of hydrogen-bond donors (Lipinski definition) is 4. The molecule has 1 heterocycles. The molecule has 1 aliphatic rings. The molecular formula is C12H15NO8. The third-order valence-electron chi connectivity index (χ3n) is 3.15. The number of benzene rings is 1. The van der Waals surface area contributed by atoms with E-state index < -0.39 is 42.2 Å². The Labute approximate surface area is 119 Å². The van der Waals surface area contributed by atoms with Crippen molar-refractivity contribution in [2.45, 2.75) is 30.7 Å². The van der Waals surface area contributed by atoms with Gasteiger partial charge in [-0.25, -0.2) is 0 Å². The lowest BCUT2D eigenvalue weighted by molar-refractivity contribution is -0.384. The van der Waals surface area contributed by atoms with Crippen molar-refractivity contribution in [1.29, 1.82) is 0 Å². The minimum atomic E-state index is -1.54. The second kappa shape index (κ2) is 6.33. The number of aliphatic hydroxyl groups is 4. The number of hydrogen-bond acceptors (Lipinski definition) is 8. The van der Waals surface area contributed by atoms with Gasteiger partial charge in [0.25, 0.3) is 5.69 Å². The Bertz CT molecular complexity index is 491. The first-order chi connectivity index (χ1) is 9.93. The van der Waals surface area contributed by atoms with E-state index in [0.717, 1.165) is 0 Å². The lowest BCUT2D eigenvalue weighted by atomic mass is 9.99. The van der Waals surface area contributed by atoms with Crippen LogP contribution in [0.3, 0.4) is 0 Å². The zero-order valence-electron chi connectivity index (χ0n) is 10.8. The van der Waals surface area contributed by atoms with E-state index in [0.29, 0.717) is 0 Å². The Kier molecular flexibility index (Phi) is 4.70. The molecule has 0 radical (unpaired) electrons. The summed E-state index contributed by atoms with van der Waals surface area (Å²) < 4.78 is 10.4. The van der Waals surface area contributed by atoms with Gasteiger partial charge >= 0.3 is 0 Å². The molecule has 0 saturated carbocycles. The van der Waals surface area contributed by atoms with Gasteiger partial charge in [-0.3, -0.25) is 10.1 Å². The number of rotatable bonds is 4. The van der Waals surface area contributed by atoms with E-state index in [-0.39, 0.29) is 11.4 Å². The highest BCUT2D eigenvalue weighted by Crippen LogP contribution is 2.25. The molecule has 5 atom stereocenters. The van der Waals surface area contributed by atoms with Crippen LogP contribution in [-0.4, -0.2) is 62.7 Å². The van der Waals surface area contributed by atoms with Crippen molar-refractivity contribution in [1.82, 2.24) is 0 Å². The van der Waals surface area contributed by atoms with E-state index in [4.69, 9.17) is 14.6 Å². The van der Waals surface area contributed by atoms with Gasteiger partial charge in [-0.15, -0.1) is 0 Å². The molecule has 2 rings (SSSR count). The summed E-state index contributed by atoms with van der Waals surface area (Å²) in [6, 6.07) is 5.03. The molecule has 0 aliphatic carbocycles. The molecule has 0 aromatic heterocycles. The number of ether oxygens (including phenoxy) is 2. The first kappa shape index (κ1) is 15.6. The molecule has 0 amide bonds. The van der Waals surface area contributed by atoms with Crippen molar-refractivity contribution in [2.24, 2.45) is 0 Å². The fourth-order valence-corrected chi connectivity index (χ4v) is 1.95. The molecule has 0 spiro atoms. The van der Waals surface area contributed by atoms with Gasteiger partial charge in [0.2, 0.25) is 6.29 Å². The molecule has 9 nitrogen and oxygen atoms in total. The lowest BCUT2D eigenvalue weighted by Crippen LogP contribution is -2.60. The summed E-state index contributed by atoms with van der Waals surface area (Å²) >= 11 is 0. The Morgan fingerprint density at radius 2 is 1.76 bits per heavy atom. The van der Waals surface area contributed by atoms with Gasteiger partial charge in [0.05, 0.1) is 11.5 Å². The van der Waals surface area contributed by atoms with Crippen molar-refractivity contribution >= 4 is 5.69 Å². The second-order valence-corrected chi connectivity index (χ2v) is 4.57. The highest BCUT2D eigenvalue weighted by molar-refractivity contribution is 5.36. The molecule has 1 aromatic carbocycles. The van der Waals surface area contributed by atoms with E-state index in [2.05, 4.69) is 0 Å². The zero-order valence-corrected chi connectivity index (χ0v) is 10.8. The number of non-ortho nitro benzene ring substituents is 1. The van der Waals surface area contributed by atoms with Gasteiger partial charge < -0.3 is 29.9 Å². The minimum absolute atomic E-state index is 0.129. The Balaban J connectivity index is 2.08. The van der Waals surface area contributed by atoms with Crippen LogP contribution in [0.15, 0.2) is 24.3 Å². The molecule has 1 aliphatic heterocycles. The summed E-state index contributed by atoms with van der Waals surface area (Å²) in [7, 11) is 0. The van der Waals surface area contributed by atoms with Crippen LogP contribution in [0.1, 0.15) is 0 Å². The van der Waals surface area contributed by atoms with Gasteiger partial charge in [0.1, 0.15) is 30.2 Å². The number of nitrogens with zero attached hydrogens (tertiary/aromatic N) is 1. The minimum Gasteiger partial charge on any atom is -0.462 e. The molecule has 4 N–H and O–H groups in total. The van der Waals surface area contributed by atoms with Gasteiger partial charge in [0, 0.05) is 12.1 Å². The summed E-state index contributed by atoms with van der Waals surface area (Å²) in [4.78, 5) is 9.95. The van der Waals surface area contributed by atoms with E-state index in [9.17, 15) is 25.4 Å². The van der Waals surface area contributed by atoms with Crippen molar-refractivity contribution in [3.8, 4) is 5.75 Å².